The van der Waals surface area contributed by atoms with E-state index in [1.54, 1.807) is 4.57 Å². The molecule has 10 heteroatoms. The molecule has 0 bridgehead atoms. The third-order valence-corrected chi connectivity index (χ3v) is 6.65. The molecule has 5 rings (SSSR count). The van der Waals surface area contributed by atoms with Crippen LogP contribution in [0.1, 0.15) is 5.56 Å². The number of rotatable bonds is 6. The second kappa shape index (κ2) is 8.56. The van der Waals surface area contributed by atoms with Crippen LogP contribution in [0.2, 0.25) is 0 Å². The normalized spacial score (nSPS) is 11.3. The van der Waals surface area contributed by atoms with Gasteiger partial charge in [-0.2, -0.15) is 0 Å². The van der Waals surface area contributed by atoms with E-state index in [1.807, 2.05) is 46.2 Å². The fraction of sp³-hybridized carbons (Fsp3) is 0.0909. The number of aromatic nitrogens is 4. The summed E-state index contributed by atoms with van der Waals surface area (Å²) in [6.07, 6.45) is 0. The Balaban J connectivity index is 1.46. The van der Waals surface area contributed by atoms with E-state index >= 15 is 0 Å². The molecule has 0 saturated carbocycles. The van der Waals surface area contributed by atoms with E-state index in [0.29, 0.717) is 33.4 Å². The zero-order chi connectivity index (χ0) is 22.1. The SMILES string of the molecule is O=C(CSc1nnc2n(Cc3ccccc3)c(=O)c3sccc3n12)Nc1ccc(F)cc1. The third-order valence-electron chi connectivity index (χ3n) is 4.83. The Hall–Kier alpha value is -3.50. The molecule has 0 saturated heterocycles. The second-order valence-corrected chi connectivity index (χ2v) is 8.83. The average molecular weight is 466 g/mol. The number of benzene rings is 2. The molecular weight excluding hydrogens is 449 g/mol. The van der Waals surface area contributed by atoms with Crippen LogP contribution in [0.4, 0.5) is 10.1 Å². The van der Waals surface area contributed by atoms with Crippen molar-refractivity contribution in [2.45, 2.75) is 11.7 Å². The number of hydrogen-bond donors (Lipinski definition) is 1. The van der Waals surface area contributed by atoms with Crippen molar-refractivity contribution < 1.29 is 9.18 Å². The molecule has 0 radical (unpaired) electrons. The number of fused-ring (bicyclic) bond motifs is 3. The molecule has 1 amide bonds. The van der Waals surface area contributed by atoms with Crippen LogP contribution in [0, 0.1) is 5.82 Å². The predicted octanol–water partition coefficient (Wildman–Crippen LogP) is 4.02. The molecule has 0 fully saturated rings. The zero-order valence-corrected chi connectivity index (χ0v) is 18.2. The minimum absolute atomic E-state index is 0.0849. The van der Waals surface area contributed by atoms with Gasteiger partial charge in [0.05, 0.1) is 17.8 Å². The molecule has 0 aliphatic rings. The average Bonchev–Trinajstić information content (AvgIpc) is 3.45. The first-order valence-electron chi connectivity index (χ1n) is 9.67. The molecule has 1 N–H and O–H groups in total. The van der Waals surface area contributed by atoms with E-state index in [9.17, 15) is 14.0 Å². The van der Waals surface area contributed by atoms with Gasteiger partial charge >= 0.3 is 0 Å². The molecule has 3 aromatic heterocycles. The lowest BCUT2D eigenvalue weighted by Gasteiger charge is -2.09. The first-order valence-corrected chi connectivity index (χ1v) is 11.5. The van der Waals surface area contributed by atoms with E-state index in [4.69, 9.17) is 0 Å². The Bertz CT molecular complexity index is 1480. The molecule has 160 valence electrons. The Morgan fingerprint density at radius 3 is 2.62 bits per heavy atom. The minimum Gasteiger partial charge on any atom is -0.325 e. The van der Waals surface area contributed by atoms with E-state index in [0.717, 1.165) is 5.56 Å². The summed E-state index contributed by atoms with van der Waals surface area (Å²) in [5.74, 6) is -0.112. The predicted molar refractivity (Wildman–Crippen MR) is 124 cm³/mol. The van der Waals surface area contributed by atoms with Crippen LogP contribution >= 0.6 is 23.1 Å². The van der Waals surface area contributed by atoms with Crippen LogP contribution in [0.25, 0.3) is 16.0 Å². The number of carbonyl (C=O) groups is 1. The first-order chi connectivity index (χ1) is 15.6. The number of halogens is 1. The summed E-state index contributed by atoms with van der Waals surface area (Å²) >= 11 is 2.58. The summed E-state index contributed by atoms with van der Waals surface area (Å²) in [4.78, 5) is 25.5. The maximum absolute atomic E-state index is 13.1. The van der Waals surface area contributed by atoms with Gasteiger partial charge in [0.25, 0.3) is 5.56 Å². The summed E-state index contributed by atoms with van der Waals surface area (Å²) in [6, 6.07) is 17.1. The molecule has 0 spiro atoms. The summed E-state index contributed by atoms with van der Waals surface area (Å²) < 4.78 is 17.1. The Labute approximate surface area is 189 Å². The van der Waals surface area contributed by atoms with Gasteiger partial charge in [0.1, 0.15) is 10.5 Å². The van der Waals surface area contributed by atoms with Crippen LogP contribution in [0.3, 0.4) is 0 Å². The van der Waals surface area contributed by atoms with Gasteiger partial charge in [-0.1, -0.05) is 42.1 Å². The minimum atomic E-state index is -0.367. The van der Waals surface area contributed by atoms with E-state index in [-0.39, 0.29) is 23.0 Å². The van der Waals surface area contributed by atoms with Crippen molar-refractivity contribution in [3.8, 4) is 0 Å². The van der Waals surface area contributed by atoms with Crippen molar-refractivity contribution in [2.24, 2.45) is 0 Å². The highest BCUT2D eigenvalue weighted by atomic mass is 32.2. The molecule has 0 atom stereocenters. The number of nitrogens with one attached hydrogen (secondary N) is 1. The van der Waals surface area contributed by atoms with E-state index in [2.05, 4.69) is 15.5 Å². The maximum Gasteiger partial charge on any atom is 0.273 e. The molecule has 0 aliphatic heterocycles. The molecule has 32 heavy (non-hydrogen) atoms. The highest BCUT2D eigenvalue weighted by Crippen LogP contribution is 2.25. The van der Waals surface area contributed by atoms with Gasteiger partial charge in [-0.3, -0.25) is 18.6 Å². The smallest absolute Gasteiger partial charge is 0.273 e. The van der Waals surface area contributed by atoms with Gasteiger partial charge in [0, 0.05) is 5.69 Å². The second-order valence-electron chi connectivity index (χ2n) is 6.97. The Morgan fingerprint density at radius 1 is 1.06 bits per heavy atom. The molecule has 7 nitrogen and oxygen atoms in total. The number of anilines is 1. The van der Waals surface area contributed by atoms with Gasteiger partial charge in [0.2, 0.25) is 11.7 Å². The number of nitrogens with zero attached hydrogens (tertiary/aromatic N) is 4. The van der Waals surface area contributed by atoms with E-state index in [1.165, 1.54) is 47.4 Å². The zero-order valence-electron chi connectivity index (χ0n) is 16.6. The van der Waals surface area contributed by atoms with Gasteiger partial charge in [-0.25, -0.2) is 4.39 Å². The van der Waals surface area contributed by atoms with Crippen molar-refractivity contribution in [1.82, 2.24) is 19.2 Å². The van der Waals surface area contributed by atoms with Gasteiger partial charge in [-0.05, 0) is 41.3 Å². The summed E-state index contributed by atoms with van der Waals surface area (Å²) in [5.41, 5.74) is 2.08. The fourth-order valence-electron chi connectivity index (χ4n) is 3.36. The maximum atomic E-state index is 13.1. The van der Waals surface area contributed by atoms with Gasteiger partial charge in [0.15, 0.2) is 5.16 Å². The topological polar surface area (TPSA) is 81.3 Å². The monoisotopic (exact) mass is 465 g/mol. The standard InChI is InChI=1S/C22H16FN5O2S2/c23-15-6-8-16(9-7-15)24-18(29)13-32-22-26-25-21-27(12-14-4-2-1-3-5-14)20(30)19-17(28(21)22)10-11-31-19/h1-11H,12-13H2,(H,24,29). The van der Waals surface area contributed by atoms with Crippen LogP contribution in [0.15, 0.2) is 76.0 Å². The van der Waals surface area contributed by atoms with Crippen molar-refractivity contribution in [1.29, 1.82) is 0 Å². The number of amides is 1. The van der Waals surface area contributed by atoms with Crippen molar-refractivity contribution in [3.05, 3.63) is 87.8 Å². The van der Waals surface area contributed by atoms with Crippen LogP contribution in [-0.4, -0.2) is 30.8 Å². The summed E-state index contributed by atoms with van der Waals surface area (Å²) in [6.45, 7) is 0.366. The lowest BCUT2D eigenvalue weighted by atomic mass is 10.2. The first kappa shape index (κ1) is 20.4. The fourth-order valence-corrected chi connectivity index (χ4v) is 4.93. The van der Waals surface area contributed by atoms with Crippen LogP contribution < -0.4 is 10.9 Å². The summed E-state index contributed by atoms with van der Waals surface area (Å²) in [7, 11) is 0. The van der Waals surface area contributed by atoms with Crippen molar-refractivity contribution >= 4 is 50.7 Å². The molecule has 5 aromatic rings. The highest BCUT2D eigenvalue weighted by molar-refractivity contribution is 7.99. The Morgan fingerprint density at radius 2 is 1.84 bits per heavy atom. The Kier molecular flexibility index (Phi) is 5.46. The molecule has 0 aliphatic carbocycles. The summed E-state index contributed by atoms with van der Waals surface area (Å²) in [5, 5.41) is 13.6. The number of thiophene rings is 1. The molecule has 0 unspecified atom stereocenters. The highest BCUT2D eigenvalue weighted by Gasteiger charge is 2.18. The van der Waals surface area contributed by atoms with Gasteiger partial charge < -0.3 is 5.32 Å². The molecular formula is C22H16FN5O2S2. The number of carbonyl (C=O) groups excluding carboxylic acids is 1. The van der Waals surface area contributed by atoms with Crippen LogP contribution in [0.5, 0.6) is 0 Å². The van der Waals surface area contributed by atoms with Crippen molar-refractivity contribution in [3.63, 3.8) is 0 Å². The lowest BCUT2D eigenvalue weighted by molar-refractivity contribution is -0.113. The van der Waals surface area contributed by atoms with Gasteiger partial charge in [-0.15, -0.1) is 21.5 Å². The van der Waals surface area contributed by atoms with Crippen molar-refractivity contribution in [2.75, 3.05) is 11.1 Å². The van der Waals surface area contributed by atoms with E-state index < -0.39 is 0 Å². The molecule has 3 heterocycles. The number of hydrogen-bond acceptors (Lipinski definition) is 6. The van der Waals surface area contributed by atoms with Crippen LogP contribution in [-0.2, 0) is 11.3 Å². The quantitative estimate of drug-likeness (QED) is 0.383. The largest absolute Gasteiger partial charge is 0.325 e. The molecule has 2 aromatic carbocycles. The lowest BCUT2D eigenvalue weighted by Crippen LogP contribution is -2.23. The third kappa shape index (κ3) is 3.90. The number of thioether (sulfide) groups is 1.